The van der Waals surface area contributed by atoms with E-state index in [0.717, 1.165) is 24.3 Å². The number of nitrogens with zero attached hydrogens (tertiary/aromatic N) is 2. The second kappa shape index (κ2) is 9.28. The third kappa shape index (κ3) is 6.74. The summed E-state index contributed by atoms with van der Waals surface area (Å²) < 4.78 is 30.6. The summed E-state index contributed by atoms with van der Waals surface area (Å²) in [7, 11) is -3.35. The number of ether oxygens (including phenoxy) is 1. The van der Waals surface area contributed by atoms with Crippen molar-refractivity contribution in [2.45, 2.75) is 13.3 Å². The lowest BCUT2D eigenvalue weighted by Gasteiger charge is -2.29. The molecule has 2 rings (SSSR count). The van der Waals surface area contributed by atoms with Crippen LogP contribution in [-0.4, -0.2) is 75.7 Å². The maximum atomic E-state index is 12.1. The number of carbonyl (C=O) groups is 1. The smallest absolute Gasteiger partial charge is 0.225 e. The van der Waals surface area contributed by atoms with Gasteiger partial charge in [0, 0.05) is 44.8 Å². The molecule has 25 heavy (non-hydrogen) atoms. The zero-order chi connectivity index (χ0) is 18.3. The quantitative estimate of drug-likeness (QED) is 0.737. The number of carbonyl (C=O) groups excluding carboxylic acids is 1. The highest BCUT2D eigenvalue weighted by molar-refractivity contribution is 7.88. The monoisotopic (exact) mass is 369 g/mol. The zero-order valence-electron chi connectivity index (χ0n) is 14.9. The minimum absolute atomic E-state index is 0.129. The van der Waals surface area contributed by atoms with Crippen molar-refractivity contribution in [2.75, 3.05) is 57.5 Å². The molecule has 0 atom stereocenters. The van der Waals surface area contributed by atoms with Gasteiger partial charge in [0.25, 0.3) is 0 Å². The first-order chi connectivity index (χ1) is 11.9. The van der Waals surface area contributed by atoms with Crippen LogP contribution in [0.3, 0.4) is 0 Å². The van der Waals surface area contributed by atoms with E-state index in [1.54, 1.807) is 0 Å². The van der Waals surface area contributed by atoms with Crippen molar-refractivity contribution in [3.8, 4) is 0 Å². The molecule has 8 heteroatoms. The van der Waals surface area contributed by atoms with Gasteiger partial charge in [0.15, 0.2) is 0 Å². The second-order valence-corrected chi connectivity index (χ2v) is 8.21. The zero-order valence-corrected chi connectivity index (χ0v) is 15.7. The number of anilines is 1. The van der Waals surface area contributed by atoms with Crippen LogP contribution in [0.15, 0.2) is 24.3 Å². The molecule has 1 saturated heterocycles. The van der Waals surface area contributed by atoms with Crippen LogP contribution >= 0.6 is 0 Å². The minimum atomic E-state index is -3.35. The lowest BCUT2D eigenvalue weighted by Crippen LogP contribution is -2.43. The molecule has 0 unspecified atom stereocenters. The number of morpholine rings is 1. The van der Waals surface area contributed by atoms with Crippen LogP contribution in [0.5, 0.6) is 0 Å². The fourth-order valence-corrected chi connectivity index (χ4v) is 3.51. The number of aryl methyl sites for hydroxylation is 1. The molecule has 1 aromatic carbocycles. The van der Waals surface area contributed by atoms with Crippen LogP contribution < -0.4 is 5.32 Å². The standard InChI is InChI=1S/C17H27N3O4S/c1-15-5-3-4-6-16(15)18-17(21)7-8-20(25(2,22)23)10-9-19-11-13-24-14-12-19/h3-6H,7-14H2,1-2H3,(H,18,21). The molecule has 0 aromatic heterocycles. The van der Waals surface area contributed by atoms with Crippen LogP contribution in [0.4, 0.5) is 5.69 Å². The number of hydrogen-bond donors (Lipinski definition) is 1. The second-order valence-electron chi connectivity index (χ2n) is 6.23. The van der Waals surface area contributed by atoms with E-state index >= 15 is 0 Å². The first kappa shape index (κ1) is 19.8. The van der Waals surface area contributed by atoms with E-state index in [2.05, 4.69) is 10.2 Å². The first-order valence-corrected chi connectivity index (χ1v) is 10.3. The Morgan fingerprint density at radius 2 is 1.92 bits per heavy atom. The van der Waals surface area contributed by atoms with Crippen LogP contribution in [0.1, 0.15) is 12.0 Å². The summed E-state index contributed by atoms with van der Waals surface area (Å²) in [4.78, 5) is 14.3. The lowest BCUT2D eigenvalue weighted by molar-refractivity contribution is -0.116. The lowest BCUT2D eigenvalue weighted by atomic mass is 10.2. The van der Waals surface area contributed by atoms with Crippen molar-refractivity contribution in [1.82, 2.24) is 9.21 Å². The highest BCUT2D eigenvalue weighted by Gasteiger charge is 2.20. The minimum Gasteiger partial charge on any atom is -0.379 e. The molecule has 1 aliphatic rings. The van der Waals surface area contributed by atoms with Crippen molar-refractivity contribution >= 4 is 21.6 Å². The van der Waals surface area contributed by atoms with Gasteiger partial charge in [-0.2, -0.15) is 0 Å². The Labute approximate surface area is 150 Å². The normalized spacial score (nSPS) is 16.1. The van der Waals surface area contributed by atoms with Gasteiger partial charge < -0.3 is 10.1 Å². The first-order valence-electron chi connectivity index (χ1n) is 8.47. The third-order valence-electron chi connectivity index (χ3n) is 4.25. The van der Waals surface area contributed by atoms with Gasteiger partial charge in [0.05, 0.1) is 19.5 Å². The Morgan fingerprint density at radius 3 is 2.56 bits per heavy atom. The Balaban J connectivity index is 1.84. The highest BCUT2D eigenvalue weighted by atomic mass is 32.2. The van der Waals surface area contributed by atoms with Gasteiger partial charge in [-0.05, 0) is 18.6 Å². The Kier molecular flexibility index (Phi) is 7.37. The van der Waals surface area contributed by atoms with Gasteiger partial charge in [0.1, 0.15) is 0 Å². The topological polar surface area (TPSA) is 79.0 Å². The summed E-state index contributed by atoms with van der Waals surface area (Å²) in [5.41, 5.74) is 1.73. The van der Waals surface area contributed by atoms with Gasteiger partial charge in [0.2, 0.25) is 15.9 Å². The molecule has 0 bridgehead atoms. The summed E-state index contributed by atoms with van der Waals surface area (Å²) >= 11 is 0. The highest BCUT2D eigenvalue weighted by Crippen LogP contribution is 2.13. The molecule has 1 fully saturated rings. The van der Waals surface area contributed by atoms with E-state index in [1.165, 1.54) is 10.6 Å². The average molecular weight is 369 g/mol. The van der Waals surface area contributed by atoms with Crippen LogP contribution in [-0.2, 0) is 19.6 Å². The molecular formula is C17H27N3O4S. The largest absolute Gasteiger partial charge is 0.379 e. The number of amides is 1. The van der Waals surface area contributed by atoms with Gasteiger partial charge in [-0.1, -0.05) is 18.2 Å². The van der Waals surface area contributed by atoms with E-state index in [1.807, 2.05) is 31.2 Å². The fourth-order valence-electron chi connectivity index (χ4n) is 2.67. The molecular weight excluding hydrogens is 342 g/mol. The van der Waals surface area contributed by atoms with E-state index in [9.17, 15) is 13.2 Å². The summed E-state index contributed by atoms with van der Waals surface area (Å²) in [5.74, 6) is -0.186. The Hall–Kier alpha value is -1.48. The average Bonchev–Trinajstić information content (AvgIpc) is 2.56. The molecule has 1 amide bonds. The molecule has 7 nitrogen and oxygen atoms in total. The van der Waals surface area contributed by atoms with Gasteiger partial charge in [-0.3, -0.25) is 9.69 Å². The number of rotatable bonds is 8. The van der Waals surface area contributed by atoms with Crippen molar-refractivity contribution in [3.05, 3.63) is 29.8 Å². The molecule has 0 aliphatic carbocycles. The number of benzene rings is 1. The summed E-state index contributed by atoms with van der Waals surface area (Å²) in [6.07, 6.45) is 1.32. The maximum Gasteiger partial charge on any atom is 0.225 e. The Morgan fingerprint density at radius 1 is 1.24 bits per heavy atom. The molecule has 1 N–H and O–H groups in total. The number of hydrogen-bond acceptors (Lipinski definition) is 5. The fraction of sp³-hybridized carbons (Fsp3) is 0.588. The summed E-state index contributed by atoms with van der Waals surface area (Å²) in [5, 5.41) is 2.84. The van der Waals surface area contributed by atoms with Crippen LogP contribution in [0.25, 0.3) is 0 Å². The van der Waals surface area contributed by atoms with Crippen molar-refractivity contribution in [2.24, 2.45) is 0 Å². The van der Waals surface area contributed by atoms with Gasteiger partial charge >= 0.3 is 0 Å². The molecule has 1 aromatic rings. The predicted octanol–water partition coefficient (Wildman–Crippen LogP) is 0.917. The molecule has 0 saturated carbocycles. The summed E-state index contributed by atoms with van der Waals surface area (Å²) in [6, 6.07) is 7.51. The number of sulfonamides is 1. The molecule has 0 spiro atoms. The van der Waals surface area contributed by atoms with Crippen molar-refractivity contribution < 1.29 is 17.9 Å². The molecule has 140 valence electrons. The van der Waals surface area contributed by atoms with Crippen molar-refractivity contribution in [1.29, 1.82) is 0 Å². The van der Waals surface area contributed by atoms with Gasteiger partial charge in [-0.25, -0.2) is 12.7 Å². The van der Waals surface area contributed by atoms with E-state index in [4.69, 9.17) is 4.74 Å². The third-order valence-corrected chi connectivity index (χ3v) is 5.55. The molecule has 1 aliphatic heterocycles. The van der Waals surface area contributed by atoms with E-state index < -0.39 is 10.0 Å². The number of nitrogens with one attached hydrogen (secondary N) is 1. The maximum absolute atomic E-state index is 12.1. The summed E-state index contributed by atoms with van der Waals surface area (Å²) in [6.45, 7) is 6.11. The number of para-hydroxylation sites is 1. The van der Waals surface area contributed by atoms with Crippen LogP contribution in [0, 0.1) is 6.92 Å². The van der Waals surface area contributed by atoms with E-state index in [-0.39, 0.29) is 18.9 Å². The van der Waals surface area contributed by atoms with Crippen LogP contribution in [0.2, 0.25) is 0 Å². The predicted molar refractivity (Wildman–Crippen MR) is 98.1 cm³/mol. The van der Waals surface area contributed by atoms with Crippen molar-refractivity contribution in [3.63, 3.8) is 0 Å². The van der Waals surface area contributed by atoms with Gasteiger partial charge in [-0.15, -0.1) is 0 Å². The molecule has 1 heterocycles. The van der Waals surface area contributed by atoms with E-state index in [0.29, 0.717) is 26.3 Å². The SMILES string of the molecule is Cc1ccccc1NC(=O)CCN(CCN1CCOCC1)S(C)(=O)=O. The molecule has 0 radical (unpaired) electrons. The Bertz CT molecular complexity index is 672.